The van der Waals surface area contributed by atoms with E-state index in [1.807, 2.05) is 17.0 Å². The van der Waals surface area contributed by atoms with Gasteiger partial charge in [-0.05, 0) is 73.7 Å². The minimum absolute atomic E-state index is 0.00455. The maximum atomic E-state index is 12.8. The molecule has 2 aliphatic heterocycles. The third-order valence-corrected chi connectivity index (χ3v) is 7.78. The zero-order valence-electron chi connectivity index (χ0n) is 23.2. The van der Waals surface area contributed by atoms with Crippen LogP contribution in [0.25, 0.3) is 0 Å². The van der Waals surface area contributed by atoms with Crippen LogP contribution >= 0.6 is 23.2 Å². The number of hydrogen-bond acceptors (Lipinski definition) is 5. The fraction of sp³-hybridized carbons (Fsp3) is 0.517. The van der Waals surface area contributed by atoms with Gasteiger partial charge in [0.15, 0.2) is 0 Å². The monoisotopic (exact) mass is 617 g/mol. The second-order valence-corrected chi connectivity index (χ2v) is 11.8. The highest BCUT2D eigenvalue weighted by atomic mass is 35.5. The van der Waals surface area contributed by atoms with Crippen molar-refractivity contribution >= 4 is 40.8 Å². The highest BCUT2D eigenvalue weighted by Gasteiger charge is 2.38. The maximum absolute atomic E-state index is 12.8. The van der Waals surface area contributed by atoms with Gasteiger partial charge in [0.05, 0.1) is 16.7 Å². The molecule has 4 rings (SSSR count). The summed E-state index contributed by atoms with van der Waals surface area (Å²) in [4.78, 5) is 28.4. The number of alkyl halides is 3. The van der Waals surface area contributed by atoms with Crippen molar-refractivity contribution in [2.24, 2.45) is 5.41 Å². The maximum Gasteiger partial charge on any atom is 0.490 e. The van der Waals surface area contributed by atoms with E-state index in [9.17, 15) is 18.0 Å². The van der Waals surface area contributed by atoms with Gasteiger partial charge in [0.25, 0.3) is 5.91 Å². The number of rotatable bonds is 7. The molecule has 0 unspecified atom stereocenters. The Hall–Kier alpha value is -2.69. The van der Waals surface area contributed by atoms with Crippen LogP contribution in [0, 0.1) is 5.41 Å². The lowest BCUT2D eigenvalue weighted by Crippen LogP contribution is -2.48. The van der Waals surface area contributed by atoms with Crippen LogP contribution in [0.3, 0.4) is 0 Å². The number of carboxylic acids is 1. The first-order chi connectivity index (χ1) is 19.2. The summed E-state index contributed by atoms with van der Waals surface area (Å²) < 4.78 is 37.7. The lowest BCUT2D eigenvalue weighted by Gasteiger charge is -2.38. The summed E-state index contributed by atoms with van der Waals surface area (Å²) in [5, 5.41) is 7.99. The van der Waals surface area contributed by atoms with E-state index in [2.05, 4.69) is 35.8 Å². The summed E-state index contributed by atoms with van der Waals surface area (Å²) in [7, 11) is 0. The smallest absolute Gasteiger partial charge is 0.490 e. The van der Waals surface area contributed by atoms with Gasteiger partial charge in [-0.3, -0.25) is 4.79 Å². The normalized spacial score (nSPS) is 17.4. The van der Waals surface area contributed by atoms with Gasteiger partial charge in [-0.15, -0.1) is 0 Å². The van der Waals surface area contributed by atoms with Crippen LogP contribution in [0.4, 0.5) is 18.9 Å². The van der Waals surface area contributed by atoms with Gasteiger partial charge in [-0.1, -0.05) is 37.0 Å². The fourth-order valence-electron chi connectivity index (χ4n) is 4.95. The van der Waals surface area contributed by atoms with Crippen LogP contribution in [0.5, 0.6) is 5.75 Å². The average Bonchev–Trinajstić information content (AvgIpc) is 2.92. The molecule has 41 heavy (non-hydrogen) atoms. The second kappa shape index (κ2) is 14.5. The third-order valence-electron chi connectivity index (χ3n) is 7.04. The van der Waals surface area contributed by atoms with Crippen molar-refractivity contribution in [3.8, 4) is 5.75 Å². The predicted octanol–water partition coefficient (Wildman–Crippen LogP) is 6.48. The Morgan fingerprint density at radius 2 is 1.61 bits per heavy atom. The average molecular weight is 619 g/mol. The molecule has 0 aromatic heterocycles. The van der Waals surface area contributed by atoms with Gasteiger partial charge >= 0.3 is 12.1 Å². The molecule has 12 heteroatoms. The molecule has 2 aromatic carbocycles. The van der Waals surface area contributed by atoms with Crippen molar-refractivity contribution < 1.29 is 32.6 Å². The van der Waals surface area contributed by atoms with E-state index in [0.29, 0.717) is 34.1 Å². The summed E-state index contributed by atoms with van der Waals surface area (Å²) in [6.07, 6.45) is -1.41. The van der Waals surface area contributed by atoms with Gasteiger partial charge < -0.3 is 24.5 Å². The Morgan fingerprint density at radius 1 is 0.976 bits per heavy atom. The van der Waals surface area contributed by atoms with Crippen LogP contribution < -0.4 is 9.64 Å². The van der Waals surface area contributed by atoms with Gasteiger partial charge in [0.2, 0.25) is 0 Å². The molecule has 0 atom stereocenters. The number of nitrogens with zero attached hydrogens (tertiary/aromatic N) is 3. The summed E-state index contributed by atoms with van der Waals surface area (Å²) in [5.74, 6) is -1.85. The molecule has 0 bridgehead atoms. The quantitative estimate of drug-likeness (QED) is 0.359. The van der Waals surface area contributed by atoms with Crippen molar-refractivity contribution in [3.63, 3.8) is 0 Å². The number of benzene rings is 2. The van der Waals surface area contributed by atoms with Crippen molar-refractivity contribution in [2.45, 2.75) is 39.3 Å². The molecule has 7 nitrogen and oxygen atoms in total. The second-order valence-electron chi connectivity index (χ2n) is 11.0. The first-order valence-corrected chi connectivity index (χ1v) is 14.3. The Labute approximate surface area is 248 Å². The number of amides is 1. The van der Waals surface area contributed by atoms with Crippen molar-refractivity contribution in [2.75, 3.05) is 57.3 Å². The Kier molecular flexibility index (Phi) is 11.6. The Bertz CT molecular complexity index is 1170. The number of hydrogen-bond donors (Lipinski definition) is 1. The van der Waals surface area contributed by atoms with E-state index < -0.39 is 12.1 Å². The van der Waals surface area contributed by atoms with E-state index in [1.54, 1.807) is 18.2 Å². The van der Waals surface area contributed by atoms with E-state index in [4.69, 9.17) is 37.8 Å². The molecule has 1 amide bonds. The van der Waals surface area contributed by atoms with E-state index in [0.717, 1.165) is 44.1 Å². The van der Waals surface area contributed by atoms with E-state index in [1.165, 1.54) is 25.9 Å². The number of ether oxygens (including phenoxy) is 1. The molecule has 2 fully saturated rings. The van der Waals surface area contributed by atoms with E-state index >= 15 is 0 Å². The topological polar surface area (TPSA) is 73.3 Å². The number of anilines is 1. The van der Waals surface area contributed by atoms with Crippen LogP contribution in [-0.2, 0) is 4.79 Å². The van der Waals surface area contributed by atoms with Crippen LogP contribution in [-0.4, -0.2) is 85.4 Å². The van der Waals surface area contributed by atoms with Crippen LogP contribution in [0.1, 0.15) is 43.5 Å². The summed E-state index contributed by atoms with van der Waals surface area (Å²) in [6, 6.07) is 13.4. The highest BCUT2D eigenvalue weighted by Crippen LogP contribution is 2.28. The molecule has 0 aliphatic carbocycles. The predicted molar refractivity (Wildman–Crippen MR) is 154 cm³/mol. The largest absolute Gasteiger partial charge is 0.494 e. The molecular weight excluding hydrogens is 582 g/mol. The molecule has 1 N–H and O–H groups in total. The molecular formula is C29H36Cl2F3N3O4. The molecule has 2 heterocycles. The molecule has 226 valence electrons. The van der Waals surface area contributed by atoms with Crippen LogP contribution in [0.15, 0.2) is 42.5 Å². The van der Waals surface area contributed by atoms with Crippen molar-refractivity contribution in [1.82, 2.24) is 9.80 Å². The lowest BCUT2D eigenvalue weighted by molar-refractivity contribution is -0.192. The first-order valence-electron chi connectivity index (χ1n) is 13.5. The van der Waals surface area contributed by atoms with Crippen LogP contribution in [0.2, 0.25) is 10.0 Å². The highest BCUT2D eigenvalue weighted by molar-refractivity contribution is 6.42. The number of carboxylic acid groups (broad SMARTS) is 1. The minimum Gasteiger partial charge on any atom is -0.494 e. The molecule has 2 saturated heterocycles. The van der Waals surface area contributed by atoms with Crippen molar-refractivity contribution in [3.05, 3.63) is 58.1 Å². The number of piperazine rings is 1. The molecule has 0 spiro atoms. The van der Waals surface area contributed by atoms with Crippen molar-refractivity contribution in [1.29, 1.82) is 0 Å². The molecule has 2 aliphatic rings. The number of piperidine rings is 1. The number of aliphatic carboxylic acids is 1. The number of carbonyl (C=O) groups excluding carboxylic acids is 1. The Morgan fingerprint density at radius 3 is 2.17 bits per heavy atom. The first kappa shape index (κ1) is 32.8. The zero-order valence-corrected chi connectivity index (χ0v) is 24.7. The molecule has 0 saturated carbocycles. The zero-order chi connectivity index (χ0) is 30.2. The molecule has 0 radical (unpaired) electrons. The molecule has 2 aromatic rings. The summed E-state index contributed by atoms with van der Waals surface area (Å²) in [5.41, 5.74) is 2.18. The van der Waals surface area contributed by atoms with E-state index in [-0.39, 0.29) is 5.91 Å². The number of halogens is 5. The Balaban J connectivity index is 0.000000587. The fourth-order valence-corrected chi connectivity index (χ4v) is 5.24. The SMILES string of the molecule is CC1(C)CCCN(CCCOc2ccc(N3CCN(C(=O)c4ccc(Cl)c(Cl)c4)CC3)cc2)C1.O=C(O)C(F)(F)F. The number of likely N-dealkylation sites (tertiary alicyclic amines) is 1. The minimum atomic E-state index is -5.08. The summed E-state index contributed by atoms with van der Waals surface area (Å²) in [6.45, 7) is 11.9. The standard InChI is InChI=1S/C27H35Cl2N3O2.C2HF3O2/c1-27(2)11-3-12-30(20-27)13-4-18-34-23-8-6-22(7-9-23)31-14-16-32(17-15-31)26(33)21-5-10-24(28)25(29)19-21;3-2(4,5)1(6)7/h5-10,19H,3-4,11-18,20H2,1-2H3;(H,6,7). The number of carbonyl (C=O) groups is 2. The van der Waals surface area contributed by atoms with Gasteiger partial charge in [0.1, 0.15) is 5.75 Å². The van der Waals surface area contributed by atoms with Gasteiger partial charge in [0, 0.05) is 50.5 Å². The lowest BCUT2D eigenvalue weighted by atomic mass is 9.84. The third kappa shape index (κ3) is 10.3. The van der Waals surface area contributed by atoms with Gasteiger partial charge in [-0.25, -0.2) is 4.79 Å². The summed E-state index contributed by atoms with van der Waals surface area (Å²) >= 11 is 12.0. The van der Waals surface area contributed by atoms with Gasteiger partial charge in [-0.2, -0.15) is 13.2 Å².